The topological polar surface area (TPSA) is 49.3 Å². The molecule has 0 bridgehead atoms. The molecule has 1 amide bonds. The van der Waals surface area contributed by atoms with E-state index in [4.69, 9.17) is 0 Å². The van der Waals surface area contributed by atoms with Crippen molar-refractivity contribution in [2.24, 2.45) is 0 Å². The maximum absolute atomic E-state index is 12.8. The molecule has 0 fully saturated rings. The third-order valence-electron chi connectivity index (χ3n) is 5.27. The Labute approximate surface area is 167 Å². The number of nitrogens with one attached hydrogen (secondary N) is 1. The lowest BCUT2D eigenvalue weighted by molar-refractivity contribution is 0.0404. The maximum Gasteiger partial charge on any atom is 0.251 e. The van der Waals surface area contributed by atoms with Gasteiger partial charge >= 0.3 is 0 Å². The molecule has 3 rings (SSSR count). The quantitative estimate of drug-likeness (QED) is 0.683. The summed E-state index contributed by atoms with van der Waals surface area (Å²) in [6, 6.07) is 22.5. The first-order valence-electron chi connectivity index (χ1n) is 9.55. The lowest BCUT2D eigenvalue weighted by Gasteiger charge is -2.36. The lowest BCUT2D eigenvalue weighted by atomic mass is 9.80. The van der Waals surface area contributed by atoms with Crippen LogP contribution in [0.15, 0.2) is 72.8 Å². The van der Waals surface area contributed by atoms with E-state index in [0.717, 1.165) is 27.8 Å². The van der Waals surface area contributed by atoms with Crippen molar-refractivity contribution >= 4 is 5.91 Å². The van der Waals surface area contributed by atoms with E-state index in [1.165, 1.54) is 0 Å². The van der Waals surface area contributed by atoms with Gasteiger partial charge in [-0.3, -0.25) is 4.79 Å². The van der Waals surface area contributed by atoms with Crippen molar-refractivity contribution in [3.8, 4) is 0 Å². The highest BCUT2D eigenvalue weighted by atomic mass is 16.3. The highest BCUT2D eigenvalue weighted by Gasteiger charge is 2.38. The predicted molar refractivity (Wildman–Crippen MR) is 113 cm³/mol. The van der Waals surface area contributed by atoms with Crippen molar-refractivity contribution < 1.29 is 9.90 Å². The van der Waals surface area contributed by atoms with E-state index < -0.39 is 11.6 Å². The smallest absolute Gasteiger partial charge is 0.251 e. The van der Waals surface area contributed by atoms with E-state index >= 15 is 0 Å². The maximum atomic E-state index is 12.8. The van der Waals surface area contributed by atoms with Crippen LogP contribution < -0.4 is 5.32 Å². The fraction of sp³-hybridized carbons (Fsp3) is 0.240. The Morgan fingerprint density at radius 1 is 0.750 bits per heavy atom. The molecule has 0 radical (unpaired) electrons. The summed E-state index contributed by atoms with van der Waals surface area (Å²) in [6.45, 7) is 7.85. The minimum absolute atomic E-state index is 0.204. The molecular weight excluding hydrogens is 346 g/mol. The van der Waals surface area contributed by atoms with Crippen LogP contribution in [0.3, 0.4) is 0 Å². The van der Waals surface area contributed by atoms with E-state index in [0.29, 0.717) is 5.56 Å². The van der Waals surface area contributed by atoms with Crippen LogP contribution in [0.4, 0.5) is 0 Å². The van der Waals surface area contributed by atoms with Gasteiger partial charge in [0.2, 0.25) is 0 Å². The van der Waals surface area contributed by atoms with Gasteiger partial charge in [0.05, 0.1) is 6.04 Å². The number of hydrogen-bond acceptors (Lipinski definition) is 2. The molecule has 0 aliphatic carbocycles. The minimum atomic E-state index is -1.35. The highest BCUT2D eigenvalue weighted by Crippen LogP contribution is 2.33. The molecule has 28 heavy (non-hydrogen) atoms. The molecular formula is C25H27NO2. The zero-order chi connectivity index (χ0) is 20.3. The molecule has 144 valence electrons. The number of aliphatic hydroxyl groups is 1. The number of aryl methyl sites for hydroxylation is 3. The van der Waals surface area contributed by atoms with E-state index in [1.807, 2.05) is 88.4 Å². The van der Waals surface area contributed by atoms with Crippen LogP contribution in [0.5, 0.6) is 0 Å². The van der Waals surface area contributed by atoms with Crippen LogP contribution in [0.25, 0.3) is 0 Å². The molecule has 3 heteroatoms. The minimum Gasteiger partial charge on any atom is -0.378 e. The molecule has 0 heterocycles. The van der Waals surface area contributed by atoms with Gasteiger partial charge in [0.25, 0.3) is 5.91 Å². The predicted octanol–water partition coefficient (Wildman–Crippen LogP) is 4.67. The lowest BCUT2D eigenvalue weighted by Crippen LogP contribution is -2.49. The Morgan fingerprint density at radius 3 is 1.50 bits per heavy atom. The van der Waals surface area contributed by atoms with Crippen LogP contribution in [-0.2, 0) is 5.60 Å². The number of rotatable bonds is 5. The first-order valence-corrected chi connectivity index (χ1v) is 9.55. The van der Waals surface area contributed by atoms with Gasteiger partial charge in [-0.15, -0.1) is 0 Å². The van der Waals surface area contributed by atoms with Gasteiger partial charge in [-0.2, -0.15) is 0 Å². The molecule has 3 aromatic rings. The van der Waals surface area contributed by atoms with Gasteiger partial charge in [-0.25, -0.2) is 0 Å². The van der Waals surface area contributed by atoms with E-state index in [9.17, 15) is 9.90 Å². The summed E-state index contributed by atoms with van der Waals surface area (Å²) >= 11 is 0. The van der Waals surface area contributed by atoms with Crippen LogP contribution in [0.2, 0.25) is 0 Å². The van der Waals surface area contributed by atoms with Crippen molar-refractivity contribution in [2.75, 3.05) is 0 Å². The molecule has 1 atom stereocenters. The van der Waals surface area contributed by atoms with Crippen LogP contribution >= 0.6 is 0 Å². The third-order valence-corrected chi connectivity index (χ3v) is 5.27. The second kappa shape index (κ2) is 7.99. The fourth-order valence-electron chi connectivity index (χ4n) is 3.37. The van der Waals surface area contributed by atoms with Crippen molar-refractivity contribution in [2.45, 2.75) is 39.3 Å². The number of benzene rings is 3. The standard InChI is InChI=1S/C25H27NO2/c1-17-5-11-21(12-6-17)24(27)26-20(4)25(28,22-13-7-18(2)8-14-22)23-15-9-19(3)10-16-23/h5-16,20,28H,1-4H3,(H,26,27)/t20-/m0/s1. The zero-order valence-corrected chi connectivity index (χ0v) is 16.9. The third kappa shape index (κ3) is 4.00. The normalized spacial score (nSPS) is 12.5. The molecule has 0 unspecified atom stereocenters. The Morgan fingerprint density at radius 2 is 1.11 bits per heavy atom. The molecule has 0 aromatic heterocycles. The van der Waals surface area contributed by atoms with Gasteiger partial charge in [-0.1, -0.05) is 77.4 Å². The monoisotopic (exact) mass is 373 g/mol. The first kappa shape index (κ1) is 19.8. The summed E-state index contributed by atoms with van der Waals surface area (Å²) in [6.07, 6.45) is 0. The molecule has 0 saturated carbocycles. The van der Waals surface area contributed by atoms with E-state index in [2.05, 4.69) is 5.32 Å². The van der Waals surface area contributed by atoms with E-state index in [-0.39, 0.29) is 5.91 Å². The Kier molecular flexibility index (Phi) is 5.66. The summed E-state index contributed by atoms with van der Waals surface area (Å²) in [5.41, 5.74) is 4.06. The van der Waals surface area contributed by atoms with Crippen molar-refractivity contribution in [3.63, 3.8) is 0 Å². The average Bonchev–Trinajstić information content (AvgIpc) is 2.69. The number of hydrogen-bond donors (Lipinski definition) is 2. The highest BCUT2D eigenvalue weighted by molar-refractivity contribution is 5.94. The second-order valence-electron chi connectivity index (χ2n) is 7.56. The SMILES string of the molecule is Cc1ccc(C(=O)N[C@@H](C)C(O)(c2ccc(C)cc2)c2ccc(C)cc2)cc1. The first-order chi connectivity index (χ1) is 13.3. The number of amides is 1. The Bertz CT molecular complexity index is 896. The molecule has 3 nitrogen and oxygen atoms in total. The summed E-state index contributed by atoms with van der Waals surface area (Å²) in [4.78, 5) is 12.8. The number of carbonyl (C=O) groups excluding carboxylic acids is 1. The van der Waals surface area contributed by atoms with Crippen molar-refractivity contribution in [1.29, 1.82) is 0 Å². The van der Waals surface area contributed by atoms with Crippen LogP contribution in [0.1, 0.15) is 45.1 Å². The summed E-state index contributed by atoms with van der Waals surface area (Å²) < 4.78 is 0. The fourth-order valence-corrected chi connectivity index (χ4v) is 3.37. The van der Waals surface area contributed by atoms with Gasteiger partial charge in [0.1, 0.15) is 5.60 Å². The van der Waals surface area contributed by atoms with Crippen LogP contribution in [0, 0.1) is 20.8 Å². The Balaban J connectivity index is 1.98. The van der Waals surface area contributed by atoms with E-state index in [1.54, 1.807) is 12.1 Å². The molecule has 0 saturated heterocycles. The number of carbonyl (C=O) groups is 1. The van der Waals surface area contributed by atoms with Gasteiger partial charge in [0, 0.05) is 5.56 Å². The molecule has 0 aliphatic rings. The summed E-state index contributed by atoms with van der Waals surface area (Å²) in [5, 5.41) is 14.8. The van der Waals surface area contributed by atoms with Crippen molar-refractivity contribution in [1.82, 2.24) is 5.32 Å². The molecule has 0 spiro atoms. The summed E-state index contributed by atoms with van der Waals surface area (Å²) in [7, 11) is 0. The molecule has 2 N–H and O–H groups in total. The largest absolute Gasteiger partial charge is 0.378 e. The molecule has 3 aromatic carbocycles. The zero-order valence-electron chi connectivity index (χ0n) is 16.9. The second-order valence-corrected chi connectivity index (χ2v) is 7.56. The average molecular weight is 373 g/mol. The van der Waals surface area contributed by atoms with Crippen LogP contribution in [-0.4, -0.2) is 17.1 Å². The van der Waals surface area contributed by atoms with Gasteiger partial charge < -0.3 is 10.4 Å². The van der Waals surface area contributed by atoms with Crippen molar-refractivity contribution in [3.05, 3.63) is 106 Å². The van der Waals surface area contributed by atoms with Gasteiger partial charge in [-0.05, 0) is 51.0 Å². The van der Waals surface area contributed by atoms with Gasteiger partial charge in [0.15, 0.2) is 0 Å². The summed E-state index contributed by atoms with van der Waals surface area (Å²) in [5.74, 6) is -0.204. The Hall–Kier alpha value is -2.91. The molecule has 0 aliphatic heterocycles.